The maximum absolute atomic E-state index is 9.96. The predicted octanol–water partition coefficient (Wildman–Crippen LogP) is 0.152. The Balaban J connectivity index is 1.91. The average Bonchev–Trinajstić information content (AvgIpc) is 2.67. The average molecular weight is 215 g/mol. The van der Waals surface area contributed by atoms with E-state index >= 15 is 0 Å². The van der Waals surface area contributed by atoms with Crippen molar-refractivity contribution in [3.63, 3.8) is 0 Å². The van der Waals surface area contributed by atoms with Crippen molar-refractivity contribution < 1.29 is 14.6 Å². The number of aliphatic hydroxyl groups excluding tert-OH is 1. The number of likely N-dealkylation sites (N-methyl/N-ethyl adjacent to an activating group) is 1. The van der Waals surface area contributed by atoms with Gasteiger partial charge in [-0.15, -0.1) is 0 Å². The molecule has 2 rings (SSSR count). The number of hydrogen-bond donors (Lipinski definition) is 2. The molecule has 0 saturated carbocycles. The van der Waals surface area contributed by atoms with Gasteiger partial charge in [-0.1, -0.05) is 0 Å². The molecule has 2 heterocycles. The van der Waals surface area contributed by atoms with E-state index in [2.05, 4.69) is 5.32 Å². The Morgan fingerprint density at radius 2 is 2.40 bits per heavy atom. The molecule has 4 nitrogen and oxygen atoms in total. The number of hydrogen-bond acceptors (Lipinski definition) is 4. The maximum atomic E-state index is 9.96. The molecule has 0 aromatic rings. The summed E-state index contributed by atoms with van der Waals surface area (Å²) < 4.78 is 11.2. The Bertz CT molecular complexity index is 204. The van der Waals surface area contributed by atoms with Gasteiger partial charge in [-0.05, 0) is 25.8 Å². The first kappa shape index (κ1) is 11.3. The van der Waals surface area contributed by atoms with E-state index in [1.807, 2.05) is 7.05 Å². The van der Waals surface area contributed by atoms with Crippen molar-refractivity contribution in [1.82, 2.24) is 5.32 Å². The minimum absolute atomic E-state index is 0.0857. The predicted molar refractivity (Wildman–Crippen MR) is 56.8 cm³/mol. The fourth-order valence-corrected chi connectivity index (χ4v) is 2.63. The summed E-state index contributed by atoms with van der Waals surface area (Å²) in [5.74, 6) is 0.355. The first-order valence-corrected chi connectivity index (χ1v) is 5.80. The van der Waals surface area contributed by atoms with Crippen LogP contribution >= 0.6 is 0 Å². The highest BCUT2D eigenvalue weighted by Crippen LogP contribution is 2.36. The van der Waals surface area contributed by atoms with Crippen LogP contribution in [-0.2, 0) is 9.47 Å². The molecule has 15 heavy (non-hydrogen) atoms. The van der Waals surface area contributed by atoms with Gasteiger partial charge in [0.15, 0.2) is 0 Å². The zero-order valence-electron chi connectivity index (χ0n) is 9.37. The molecular weight excluding hydrogens is 194 g/mol. The van der Waals surface area contributed by atoms with E-state index in [9.17, 15) is 5.11 Å². The molecule has 3 unspecified atom stereocenters. The molecule has 2 aliphatic heterocycles. The van der Waals surface area contributed by atoms with Crippen molar-refractivity contribution in [2.24, 2.45) is 5.92 Å². The van der Waals surface area contributed by atoms with Crippen molar-refractivity contribution in [2.75, 3.05) is 33.4 Å². The van der Waals surface area contributed by atoms with Crippen LogP contribution in [-0.4, -0.2) is 50.2 Å². The lowest BCUT2D eigenvalue weighted by atomic mass is 9.82. The standard InChI is InChI=1S/C11H21NO3/c1-12-7-10(13)9-2-4-15-11(6-9)3-5-14-8-11/h9-10,12-13H,2-8H2,1H3. The quantitative estimate of drug-likeness (QED) is 0.704. The third-order valence-corrected chi connectivity index (χ3v) is 3.56. The summed E-state index contributed by atoms with van der Waals surface area (Å²) >= 11 is 0. The summed E-state index contributed by atoms with van der Waals surface area (Å²) in [6.07, 6.45) is 2.63. The van der Waals surface area contributed by atoms with Gasteiger partial charge in [0.2, 0.25) is 0 Å². The second-order valence-electron chi connectivity index (χ2n) is 4.71. The molecule has 88 valence electrons. The molecule has 2 fully saturated rings. The fourth-order valence-electron chi connectivity index (χ4n) is 2.63. The van der Waals surface area contributed by atoms with E-state index in [-0.39, 0.29) is 11.7 Å². The highest BCUT2D eigenvalue weighted by atomic mass is 16.6. The second kappa shape index (κ2) is 4.78. The number of aliphatic hydroxyl groups is 1. The third-order valence-electron chi connectivity index (χ3n) is 3.56. The zero-order valence-corrected chi connectivity index (χ0v) is 9.37. The van der Waals surface area contributed by atoms with Gasteiger partial charge in [0.25, 0.3) is 0 Å². The molecule has 2 N–H and O–H groups in total. The molecule has 0 radical (unpaired) electrons. The van der Waals surface area contributed by atoms with Gasteiger partial charge in [0.05, 0.1) is 18.3 Å². The summed E-state index contributed by atoms with van der Waals surface area (Å²) in [6.45, 7) is 2.93. The molecule has 0 aromatic carbocycles. The van der Waals surface area contributed by atoms with Crippen molar-refractivity contribution in [2.45, 2.75) is 31.0 Å². The molecule has 2 aliphatic rings. The Kier molecular flexibility index (Phi) is 3.61. The van der Waals surface area contributed by atoms with Gasteiger partial charge in [0, 0.05) is 26.2 Å². The number of nitrogens with one attached hydrogen (secondary N) is 1. The number of rotatable bonds is 3. The Morgan fingerprint density at radius 1 is 1.53 bits per heavy atom. The topological polar surface area (TPSA) is 50.7 Å². The lowest BCUT2D eigenvalue weighted by Gasteiger charge is -2.38. The lowest BCUT2D eigenvalue weighted by Crippen LogP contribution is -2.45. The molecule has 0 amide bonds. The van der Waals surface area contributed by atoms with E-state index in [1.54, 1.807) is 0 Å². The third kappa shape index (κ3) is 2.50. The molecule has 1 spiro atoms. The molecule has 2 saturated heterocycles. The summed E-state index contributed by atoms with van der Waals surface area (Å²) in [7, 11) is 1.87. The summed E-state index contributed by atoms with van der Waals surface area (Å²) in [5, 5.41) is 13.0. The number of ether oxygens (including phenoxy) is 2. The van der Waals surface area contributed by atoms with E-state index in [0.29, 0.717) is 19.1 Å². The van der Waals surface area contributed by atoms with Crippen LogP contribution in [0.2, 0.25) is 0 Å². The largest absolute Gasteiger partial charge is 0.392 e. The normalized spacial score (nSPS) is 38.4. The van der Waals surface area contributed by atoms with Crippen molar-refractivity contribution in [3.05, 3.63) is 0 Å². The van der Waals surface area contributed by atoms with Crippen LogP contribution in [0.25, 0.3) is 0 Å². The van der Waals surface area contributed by atoms with Gasteiger partial charge in [-0.25, -0.2) is 0 Å². The van der Waals surface area contributed by atoms with Crippen LogP contribution in [0.1, 0.15) is 19.3 Å². The van der Waals surface area contributed by atoms with Crippen LogP contribution in [0.4, 0.5) is 0 Å². The summed E-state index contributed by atoms with van der Waals surface area (Å²) in [6, 6.07) is 0. The van der Waals surface area contributed by atoms with Gasteiger partial charge in [-0.3, -0.25) is 0 Å². The molecule has 0 aromatic heterocycles. The molecule has 0 bridgehead atoms. The Hall–Kier alpha value is -0.160. The van der Waals surface area contributed by atoms with E-state index in [1.165, 1.54) is 0 Å². The van der Waals surface area contributed by atoms with Crippen molar-refractivity contribution in [3.8, 4) is 0 Å². The minimum atomic E-state index is -0.253. The van der Waals surface area contributed by atoms with Gasteiger partial charge >= 0.3 is 0 Å². The second-order valence-corrected chi connectivity index (χ2v) is 4.71. The van der Waals surface area contributed by atoms with Crippen molar-refractivity contribution in [1.29, 1.82) is 0 Å². The molecular formula is C11H21NO3. The highest BCUT2D eigenvalue weighted by Gasteiger charge is 2.42. The van der Waals surface area contributed by atoms with E-state index in [4.69, 9.17) is 9.47 Å². The van der Waals surface area contributed by atoms with Crippen LogP contribution in [0, 0.1) is 5.92 Å². The monoisotopic (exact) mass is 215 g/mol. The Labute approximate surface area is 90.9 Å². The Morgan fingerprint density at radius 3 is 3.07 bits per heavy atom. The van der Waals surface area contributed by atoms with Crippen LogP contribution in [0.15, 0.2) is 0 Å². The maximum Gasteiger partial charge on any atom is 0.0940 e. The van der Waals surface area contributed by atoms with Gasteiger partial charge in [0.1, 0.15) is 0 Å². The van der Waals surface area contributed by atoms with E-state index < -0.39 is 0 Å². The smallest absolute Gasteiger partial charge is 0.0940 e. The zero-order chi connectivity index (χ0) is 10.7. The fraction of sp³-hybridized carbons (Fsp3) is 1.00. The molecule has 4 heteroatoms. The van der Waals surface area contributed by atoms with Crippen LogP contribution in [0.3, 0.4) is 0 Å². The van der Waals surface area contributed by atoms with Crippen molar-refractivity contribution >= 4 is 0 Å². The SMILES string of the molecule is CNCC(O)C1CCOC2(CCOC2)C1. The van der Waals surface area contributed by atoms with Crippen LogP contribution < -0.4 is 5.32 Å². The van der Waals surface area contributed by atoms with E-state index in [0.717, 1.165) is 32.5 Å². The lowest BCUT2D eigenvalue weighted by molar-refractivity contribution is -0.115. The molecule has 0 aliphatic carbocycles. The summed E-state index contributed by atoms with van der Waals surface area (Å²) in [5.41, 5.74) is -0.0857. The minimum Gasteiger partial charge on any atom is -0.392 e. The van der Waals surface area contributed by atoms with Gasteiger partial charge < -0.3 is 19.9 Å². The van der Waals surface area contributed by atoms with Crippen LogP contribution in [0.5, 0.6) is 0 Å². The first-order valence-electron chi connectivity index (χ1n) is 5.80. The molecule has 3 atom stereocenters. The first-order chi connectivity index (χ1) is 7.26. The van der Waals surface area contributed by atoms with Gasteiger partial charge in [-0.2, -0.15) is 0 Å². The highest BCUT2D eigenvalue weighted by molar-refractivity contribution is 4.92. The summed E-state index contributed by atoms with van der Waals surface area (Å²) in [4.78, 5) is 0.